The van der Waals surface area contributed by atoms with Crippen molar-refractivity contribution in [2.75, 3.05) is 6.61 Å². The molecule has 0 aliphatic heterocycles. The van der Waals surface area contributed by atoms with Crippen molar-refractivity contribution in [3.63, 3.8) is 0 Å². The highest BCUT2D eigenvalue weighted by molar-refractivity contribution is 7.96. The number of allylic oxidation sites excluding steroid dienone is 1. The molecular formula is C17H16O4S. The summed E-state index contributed by atoms with van der Waals surface area (Å²) >= 11 is 0. The molecule has 0 heterocycles. The molecule has 114 valence electrons. The Balaban J connectivity index is 2.50. The molecule has 0 amide bonds. The van der Waals surface area contributed by atoms with Gasteiger partial charge in [0.1, 0.15) is 6.26 Å². The minimum absolute atomic E-state index is 0.0604. The van der Waals surface area contributed by atoms with Gasteiger partial charge in [-0.15, -0.1) is 0 Å². The third kappa shape index (κ3) is 3.43. The van der Waals surface area contributed by atoms with Crippen LogP contribution >= 0.6 is 0 Å². The average molecular weight is 316 g/mol. The largest absolute Gasteiger partial charge is 0.500 e. The first-order valence-electron chi connectivity index (χ1n) is 6.79. The minimum atomic E-state index is -3.93. The molecule has 0 aromatic heterocycles. The third-order valence-corrected chi connectivity index (χ3v) is 4.71. The lowest BCUT2D eigenvalue weighted by Gasteiger charge is -2.09. The number of rotatable bonds is 6. The summed E-state index contributed by atoms with van der Waals surface area (Å²) in [6, 6.07) is 16.1. The predicted octanol–water partition coefficient (Wildman–Crippen LogP) is 3.22. The van der Waals surface area contributed by atoms with E-state index in [1.54, 1.807) is 55.5 Å². The van der Waals surface area contributed by atoms with Gasteiger partial charge in [-0.3, -0.25) is 4.79 Å². The van der Waals surface area contributed by atoms with Crippen molar-refractivity contribution in [2.45, 2.75) is 11.8 Å². The van der Waals surface area contributed by atoms with Crippen LogP contribution in [-0.4, -0.2) is 20.8 Å². The molecule has 0 aliphatic rings. The highest BCUT2D eigenvalue weighted by Crippen LogP contribution is 2.22. The van der Waals surface area contributed by atoms with Gasteiger partial charge < -0.3 is 4.74 Å². The molecule has 0 fully saturated rings. The van der Waals surface area contributed by atoms with Gasteiger partial charge in [-0.05, 0) is 19.1 Å². The number of ether oxygens (including phenoxy) is 1. The van der Waals surface area contributed by atoms with Crippen LogP contribution in [0.15, 0.2) is 76.7 Å². The smallest absolute Gasteiger partial charge is 0.213 e. The molecule has 0 bridgehead atoms. The number of sulfone groups is 1. The fourth-order valence-electron chi connectivity index (χ4n) is 1.86. The van der Waals surface area contributed by atoms with E-state index in [9.17, 15) is 13.2 Å². The van der Waals surface area contributed by atoms with Gasteiger partial charge in [-0.2, -0.15) is 0 Å². The molecular weight excluding hydrogens is 300 g/mol. The van der Waals surface area contributed by atoms with Crippen LogP contribution in [0.5, 0.6) is 0 Å². The fourth-order valence-corrected chi connectivity index (χ4v) is 3.18. The zero-order valence-electron chi connectivity index (χ0n) is 12.1. The fraction of sp³-hybridized carbons (Fsp3) is 0.118. The summed E-state index contributed by atoms with van der Waals surface area (Å²) in [5.74, 6) is -0.585. The maximum Gasteiger partial charge on any atom is 0.213 e. The van der Waals surface area contributed by atoms with Crippen LogP contribution in [0.1, 0.15) is 17.3 Å². The Kier molecular flexibility index (Phi) is 5.12. The first-order chi connectivity index (χ1) is 10.6. The molecule has 4 nitrogen and oxygen atoms in total. The molecule has 22 heavy (non-hydrogen) atoms. The Hall–Kier alpha value is -2.40. The van der Waals surface area contributed by atoms with Crippen molar-refractivity contribution in [1.82, 2.24) is 0 Å². The first-order valence-corrected chi connectivity index (χ1v) is 8.27. The number of hydrogen-bond acceptors (Lipinski definition) is 4. The molecule has 0 spiro atoms. The van der Waals surface area contributed by atoms with Gasteiger partial charge in [0.15, 0.2) is 4.91 Å². The zero-order valence-corrected chi connectivity index (χ0v) is 12.9. The van der Waals surface area contributed by atoms with Crippen LogP contribution in [0.25, 0.3) is 0 Å². The number of Topliss-reactive ketones (excluding diaryl/α,β-unsaturated/α-hetero) is 1. The number of carbonyl (C=O) groups is 1. The van der Waals surface area contributed by atoms with Crippen LogP contribution in [0.4, 0.5) is 0 Å². The van der Waals surface area contributed by atoms with Crippen LogP contribution in [0.3, 0.4) is 0 Å². The van der Waals surface area contributed by atoms with Gasteiger partial charge in [0, 0.05) is 5.56 Å². The van der Waals surface area contributed by atoms with Gasteiger partial charge in [0.2, 0.25) is 15.6 Å². The summed E-state index contributed by atoms with van der Waals surface area (Å²) in [5.41, 5.74) is 0.299. The minimum Gasteiger partial charge on any atom is -0.500 e. The Labute approximate surface area is 130 Å². The first kappa shape index (κ1) is 16.0. The van der Waals surface area contributed by atoms with E-state index in [4.69, 9.17) is 4.74 Å². The van der Waals surface area contributed by atoms with Crippen molar-refractivity contribution < 1.29 is 17.9 Å². The zero-order chi connectivity index (χ0) is 16.0. The van der Waals surface area contributed by atoms with Gasteiger partial charge in [-0.1, -0.05) is 48.5 Å². The van der Waals surface area contributed by atoms with E-state index >= 15 is 0 Å². The lowest BCUT2D eigenvalue weighted by atomic mass is 10.1. The van der Waals surface area contributed by atoms with E-state index in [1.807, 2.05) is 0 Å². The molecule has 0 radical (unpaired) electrons. The van der Waals surface area contributed by atoms with E-state index in [-0.39, 0.29) is 16.4 Å². The predicted molar refractivity (Wildman–Crippen MR) is 84.1 cm³/mol. The second-order valence-corrected chi connectivity index (χ2v) is 6.37. The average Bonchev–Trinajstić information content (AvgIpc) is 2.56. The summed E-state index contributed by atoms with van der Waals surface area (Å²) in [6.07, 6.45) is 1.03. The maximum absolute atomic E-state index is 12.7. The lowest BCUT2D eigenvalue weighted by Crippen LogP contribution is -2.15. The van der Waals surface area contributed by atoms with E-state index in [0.717, 1.165) is 6.26 Å². The topological polar surface area (TPSA) is 60.4 Å². The summed E-state index contributed by atoms with van der Waals surface area (Å²) in [5, 5.41) is 0. The van der Waals surface area contributed by atoms with Crippen LogP contribution in [0, 0.1) is 0 Å². The lowest BCUT2D eigenvalue weighted by molar-refractivity contribution is 0.103. The van der Waals surface area contributed by atoms with Crippen LogP contribution in [0.2, 0.25) is 0 Å². The van der Waals surface area contributed by atoms with E-state index in [2.05, 4.69) is 0 Å². The van der Waals surface area contributed by atoms with E-state index < -0.39 is 15.6 Å². The van der Waals surface area contributed by atoms with Crippen molar-refractivity contribution >= 4 is 15.6 Å². The Morgan fingerprint density at radius 1 is 1.00 bits per heavy atom. The third-order valence-electron chi connectivity index (χ3n) is 2.96. The summed E-state index contributed by atoms with van der Waals surface area (Å²) in [4.78, 5) is 12.2. The highest BCUT2D eigenvalue weighted by Gasteiger charge is 2.28. The summed E-state index contributed by atoms with van der Waals surface area (Å²) in [6.45, 7) is 1.99. The number of carbonyl (C=O) groups excluding carboxylic acids is 1. The second-order valence-electron chi connectivity index (χ2n) is 4.45. The molecule has 0 saturated carbocycles. The van der Waals surface area contributed by atoms with Crippen molar-refractivity contribution in [1.29, 1.82) is 0 Å². The number of benzene rings is 2. The van der Waals surface area contributed by atoms with Crippen LogP contribution in [-0.2, 0) is 14.6 Å². The number of hydrogen-bond donors (Lipinski definition) is 0. The van der Waals surface area contributed by atoms with Gasteiger partial charge >= 0.3 is 0 Å². The van der Waals surface area contributed by atoms with Crippen molar-refractivity contribution in [3.05, 3.63) is 77.4 Å². The van der Waals surface area contributed by atoms with Gasteiger partial charge in [-0.25, -0.2) is 8.42 Å². The molecule has 2 aromatic carbocycles. The number of ketones is 1. The Bertz CT molecular complexity index is 763. The molecule has 2 aromatic rings. The van der Waals surface area contributed by atoms with E-state index in [1.165, 1.54) is 12.1 Å². The van der Waals surface area contributed by atoms with Crippen molar-refractivity contribution in [3.8, 4) is 0 Å². The molecule has 0 aliphatic carbocycles. The van der Waals surface area contributed by atoms with Gasteiger partial charge in [0.25, 0.3) is 0 Å². The molecule has 5 heteroatoms. The standard InChI is InChI=1S/C17H16O4S/c1-2-21-13-16(17(18)14-9-5-3-6-10-14)22(19,20)15-11-7-4-8-12-15/h3-13H,2H2,1H3/b16-13+. The van der Waals surface area contributed by atoms with E-state index in [0.29, 0.717) is 5.56 Å². The molecule has 0 N–H and O–H groups in total. The summed E-state index contributed by atoms with van der Waals surface area (Å²) in [7, 11) is -3.93. The SMILES string of the molecule is CCO/C=C(\C(=O)c1ccccc1)S(=O)(=O)c1ccccc1. The summed E-state index contributed by atoms with van der Waals surface area (Å²) < 4.78 is 30.5. The van der Waals surface area contributed by atoms with Gasteiger partial charge in [0.05, 0.1) is 11.5 Å². The molecule has 0 atom stereocenters. The van der Waals surface area contributed by atoms with Crippen LogP contribution < -0.4 is 0 Å². The quantitative estimate of drug-likeness (QED) is 0.466. The monoisotopic (exact) mass is 316 g/mol. The molecule has 0 saturated heterocycles. The normalized spacial score (nSPS) is 12.0. The van der Waals surface area contributed by atoms with Crippen molar-refractivity contribution in [2.24, 2.45) is 0 Å². The maximum atomic E-state index is 12.7. The Morgan fingerprint density at radius 2 is 1.55 bits per heavy atom. The highest BCUT2D eigenvalue weighted by atomic mass is 32.2. The molecule has 0 unspecified atom stereocenters. The second kappa shape index (κ2) is 7.04. The Morgan fingerprint density at radius 3 is 2.09 bits per heavy atom. The molecule has 2 rings (SSSR count).